The maximum absolute atomic E-state index is 13.0. The average molecular weight is 959 g/mol. The van der Waals surface area contributed by atoms with Gasteiger partial charge in [-0.15, -0.1) is 0 Å². The molecular weight excluding hydrogens is 865 g/mol. The number of carbonyl (C=O) groups excluding carboxylic acids is 2. The average Bonchev–Trinajstić information content (AvgIpc) is 3.32. The molecule has 15 nitrogen and oxygen atoms in total. The number of allylic oxidation sites excluding steroid dienone is 4. The Bertz CT molecular complexity index is 1270. The van der Waals surface area contributed by atoms with E-state index in [9.17, 15) is 45.3 Å². The lowest BCUT2D eigenvalue weighted by molar-refractivity contribution is -0.332. The molecule has 2 fully saturated rings. The standard InChI is InChI=1S/C52H94O15/c1-3-5-7-9-11-13-15-17-19-21-23-25-27-29-31-33-35-44(55)65-40(37-62-43(54)34-32-30-28-26-24-22-20-18-16-14-12-10-8-6-4-2)38-63-51-50(61)48(59)46(57)42(67-51)39-64-52-49(60)47(58)45(56)41(36-53)66-52/h12,14,18,20,40-42,45-53,56-61H,3-11,13,15-17,19,21-39H2,1-2H3/b14-12+,20-18+/t40-,41-,42-,45+,46+,47?,48?,49?,50?,51-,52-/m1/s1. The first-order valence-corrected chi connectivity index (χ1v) is 26.4. The van der Waals surface area contributed by atoms with Gasteiger partial charge in [0.1, 0.15) is 55.4 Å². The van der Waals surface area contributed by atoms with E-state index in [1.165, 1.54) is 96.3 Å². The van der Waals surface area contributed by atoms with Crippen LogP contribution in [-0.2, 0) is 38.0 Å². The van der Waals surface area contributed by atoms with Crippen molar-refractivity contribution in [1.82, 2.24) is 0 Å². The molecule has 0 spiro atoms. The lowest BCUT2D eigenvalue weighted by Crippen LogP contribution is -2.61. The molecule has 11 atom stereocenters. The van der Waals surface area contributed by atoms with E-state index in [1.807, 2.05) is 0 Å². The van der Waals surface area contributed by atoms with E-state index in [0.29, 0.717) is 12.8 Å². The highest BCUT2D eigenvalue weighted by molar-refractivity contribution is 5.70. The Labute approximate surface area is 403 Å². The van der Waals surface area contributed by atoms with E-state index in [2.05, 4.69) is 38.2 Å². The molecule has 0 aliphatic carbocycles. The van der Waals surface area contributed by atoms with Crippen molar-refractivity contribution in [1.29, 1.82) is 0 Å². The van der Waals surface area contributed by atoms with Crippen molar-refractivity contribution in [3.8, 4) is 0 Å². The predicted octanol–water partition coefficient (Wildman–Crippen LogP) is 7.55. The molecule has 2 heterocycles. The van der Waals surface area contributed by atoms with Crippen LogP contribution in [0.15, 0.2) is 24.3 Å². The molecule has 2 saturated heterocycles. The minimum absolute atomic E-state index is 0.166. The first kappa shape index (κ1) is 61.1. The van der Waals surface area contributed by atoms with Gasteiger partial charge < -0.3 is 64.2 Å². The molecule has 392 valence electrons. The summed E-state index contributed by atoms with van der Waals surface area (Å²) in [6.07, 6.45) is 23.4. The topological polar surface area (TPSA) is 231 Å². The zero-order chi connectivity index (χ0) is 48.9. The fourth-order valence-corrected chi connectivity index (χ4v) is 8.31. The third-order valence-corrected chi connectivity index (χ3v) is 12.7. The third-order valence-electron chi connectivity index (χ3n) is 12.7. The number of aliphatic hydroxyl groups is 7. The SMILES string of the molecule is CCCCC/C=C/C/C=C/CCCCCCCC(=O)OC[C@H](CO[C@@H]1O[C@H](CO[C@@H]2O[C@H](CO)[C@H](O)C(O)C2O)[C@H](O)C(O)C1O)OC(=O)CCCCCCCCCCCCCCCCCC. The van der Waals surface area contributed by atoms with Crippen molar-refractivity contribution in [2.24, 2.45) is 0 Å². The van der Waals surface area contributed by atoms with Crippen molar-refractivity contribution in [2.75, 3.05) is 26.4 Å². The van der Waals surface area contributed by atoms with Crippen LogP contribution in [0.5, 0.6) is 0 Å². The molecule has 0 radical (unpaired) electrons. The number of aliphatic hydroxyl groups excluding tert-OH is 7. The zero-order valence-electron chi connectivity index (χ0n) is 41.4. The second-order valence-corrected chi connectivity index (χ2v) is 18.7. The highest BCUT2D eigenvalue weighted by Gasteiger charge is 2.47. The summed E-state index contributed by atoms with van der Waals surface area (Å²) >= 11 is 0. The molecular formula is C52H94O15. The van der Waals surface area contributed by atoms with Crippen molar-refractivity contribution in [3.63, 3.8) is 0 Å². The van der Waals surface area contributed by atoms with E-state index in [1.54, 1.807) is 0 Å². The van der Waals surface area contributed by atoms with Crippen molar-refractivity contribution in [3.05, 3.63) is 24.3 Å². The molecule has 15 heteroatoms. The normalized spacial score (nSPS) is 26.1. The Morgan fingerprint density at radius 1 is 0.478 bits per heavy atom. The second kappa shape index (κ2) is 39.7. The molecule has 0 aromatic carbocycles. The summed E-state index contributed by atoms with van der Waals surface area (Å²) in [6, 6.07) is 0. The van der Waals surface area contributed by atoms with Gasteiger partial charge in [-0.2, -0.15) is 0 Å². The van der Waals surface area contributed by atoms with Gasteiger partial charge in [-0.25, -0.2) is 0 Å². The zero-order valence-corrected chi connectivity index (χ0v) is 41.4. The summed E-state index contributed by atoms with van der Waals surface area (Å²) in [5.74, 6) is -0.933. The summed E-state index contributed by atoms with van der Waals surface area (Å²) in [5.41, 5.74) is 0. The van der Waals surface area contributed by atoms with Gasteiger partial charge in [-0.1, -0.05) is 167 Å². The Morgan fingerprint density at radius 3 is 1.42 bits per heavy atom. The van der Waals surface area contributed by atoms with Gasteiger partial charge in [-0.05, 0) is 44.9 Å². The van der Waals surface area contributed by atoms with Gasteiger partial charge >= 0.3 is 11.9 Å². The fraction of sp³-hybridized carbons (Fsp3) is 0.885. The van der Waals surface area contributed by atoms with Crippen molar-refractivity contribution in [2.45, 2.75) is 268 Å². The van der Waals surface area contributed by atoms with Gasteiger partial charge in [0.05, 0.1) is 19.8 Å². The van der Waals surface area contributed by atoms with E-state index >= 15 is 0 Å². The summed E-state index contributed by atoms with van der Waals surface area (Å²) < 4.78 is 33.6. The Balaban J connectivity index is 1.80. The molecule has 7 N–H and O–H groups in total. The molecule has 2 aliphatic heterocycles. The fourth-order valence-electron chi connectivity index (χ4n) is 8.31. The first-order chi connectivity index (χ1) is 32.5. The van der Waals surface area contributed by atoms with Crippen LogP contribution in [-0.4, -0.2) is 142 Å². The summed E-state index contributed by atoms with van der Waals surface area (Å²) in [7, 11) is 0. The van der Waals surface area contributed by atoms with Crippen LogP contribution >= 0.6 is 0 Å². The first-order valence-electron chi connectivity index (χ1n) is 26.4. The molecule has 67 heavy (non-hydrogen) atoms. The quantitative estimate of drug-likeness (QED) is 0.0178. The van der Waals surface area contributed by atoms with Crippen LogP contribution in [0.3, 0.4) is 0 Å². The summed E-state index contributed by atoms with van der Waals surface area (Å²) in [6.45, 7) is 2.57. The number of hydrogen-bond donors (Lipinski definition) is 7. The Kier molecular flexibility index (Phi) is 36.2. The van der Waals surface area contributed by atoms with Crippen LogP contribution in [0.2, 0.25) is 0 Å². The highest BCUT2D eigenvalue weighted by Crippen LogP contribution is 2.26. The molecule has 0 amide bonds. The molecule has 0 aromatic heterocycles. The number of carbonyl (C=O) groups is 2. The summed E-state index contributed by atoms with van der Waals surface area (Å²) in [5, 5.41) is 72.1. The van der Waals surface area contributed by atoms with Crippen LogP contribution in [0.4, 0.5) is 0 Å². The lowest BCUT2D eigenvalue weighted by atomic mass is 9.98. The molecule has 4 unspecified atom stereocenters. The maximum atomic E-state index is 13.0. The van der Waals surface area contributed by atoms with E-state index in [4.69, 9.17) is 28.4 Å². The van der Waals surface area contributed by atoms with E-state index in [0.717, 1.165) is 64.2 Å². The maximum Gasteiger partial charge on any atom is 0.306 e. The minimum atomic E-state index is -1.76. The third kappa shape index (κ3) is 27.8. The molecule has 0 bridgehead atoms. The highest BCUT2D eigenvalue weighted by atomic mass is 16.7. The van der Waals surface area contributed by atoms with Crippen LogP contribution in [0.25, 0.3) is 0 Å². The van der Waals surface area contributed by atoms with Crippen molar-refractivity contribution < 1.29 is 73.8 Å². The largest absolute Gasteiger partial charge is 0.462 e. The van der Waals surface area contributed by atoms with Crippen LogP contribution < -0.4 is 0 Å². The van der Waals surface area contributed by atoms with Gasteiger partial charge in [0, 0.05) is 12.8 Å². The van der Waals surface area contributed by atoms with E-state index < -0.39 is 92.7 Å². The Morgan fingerprint density at radius 2 is 0.896 bits per heavy atom. The number of unbranched alkanes of at least 4 members (excludes halogenated alkanes) is 23. The molecule has 2 aliphatic rings. The van der Waals surface area contributed by atoms with Crippen molar-refractivity contribution >= 4 is 11.9 Å². The monoisotopic (exact) mass is 959 g/mol. The Hall–Kier alpha value is -2.02. The molecule has 2 rings (SSSR count). The number of rotatable bonds is 41. The van der Waals surface area contributed by atoms with E-state index in [-0.39, 0.29) is 26.1 Å². The number of hydrogen-bond acceptors (Lipinski definition) is 15. The predicted molar refractivity (Wildman–Crippen MR) is 257 cm³/mol. The smallest absolute Gasteiger partial charge is 0.306 e. The molecule has 0 saturated carbocycles. The van der Waals surface area contributed by atoms with Gasteiger partial charge in [0.25, 0.3) is 0 Å². The van der Waals surface area contributed by atoms with Gasteiger partial charge in [-0.3, -0.25) is 9.59 Å². The van der Waals surface area contributed by atoms with Crippen LogP contribution in [0.1, 0.15) is 200 Å². The molecule has 0 aromatic rings. The second-order valence-electron chi connectivity index (χ2n) is 18.7. The van der Waals surface area contributed by atoms with Gasteiger partial charge in [0.2, 0.25) is 0 Å². The number of esters is 2. The summed E-state index contributed by atoms with van der Waals surface area (Å²) in [4.78, 5) is 25.8. The lowest BCUT2D eigenvalue weighted by Gasteiger charge is -2.42. The number of ether oxygens (including phenoxy) is 6. The minimum Gasteiger partial charge on any atom is -0.462 e. The van der Waals surface area contributed by atoms with Crippen LogP contribution in [0, 0.1) is 0 Å². The van der Waals surface area contributed by atoms with Gasteiger partial charge in [0.15, 0.2) is 18.7 Å².